The van der Waals surface area contributed by atoms with Crippen LogP contribution in [0.1, 0.15) is 58.2 Å². The summed E-state index contributed by atoms with van der Waals surface area (Å²) in [6.45, 7) is 1.99. The average Bonchev–Trinajstić information content (AvgIpc) is 3.32. The maximum absolute atomic E-state index is 12.2. The largest absolute Gasteiger partial charge is 0.300 e. The van der Waals surface area contributed by atoms with Crippen molar-refractivity contribution in [3.63, 3.8) is 0 Å². The second-order valence-corrected chi connectivity index (χ2v) is 8.93. The number of nitrogens with one attached hydrogen (secondary N) is 1. The molecule has 1 saturated carbocycles. The molecule has 2 atom stereocenters. The van der Waals surface area contributed by atoms with Gasteiger partial charge in [-0.3, -0.25) is 9.78 Å². The monoisotopic (exact) mass is 400 g/mol. The van der Waals surface area contributed by atoms with Gasteiger partial charge in [0.2, 0.25) is 11.0 Å². The molecule has 1 aliphatic rings. The molecule has 3 heterocycles. The lowest BCUT2D eigenvalue weighted by Crippen LogP contribution is -2.14. The molecule has 1 N–H and O–H groups in total. The summed E-state index contributed by atoms with van der Waals surface area (Å²) in [6, 6.07) is 5.54. The van der Waals surface area contributed by atoms with Gasteiger partial charge in [-0.1, -0.05) is 23.8 Å². The fraction of sp³-hybridized carbons (Fsp3) is 0.444. The van der Waals surface area contributed by atoms with Crippen LogP contribution >= 0.6 is 22.7 Å². The average molecular weight is 401 g/mol. The van der Waals surface area contributed by atoms with E-state index in [1.54, 1.807) is 17.5 Å². The number of pyridine rings is 1. The molecule has 27 heavy (non-hydrogen) atoms. The SMILES string of the molecule is Cc1nnc([C@@H]2CCC[C@@H](c3nnc(NC(=O)Cc4ccccn4)s3)C2)s1. The zero-order valence-corrected chi connectivity index (χ0v) is 16.6. The predicted octanol–water partition coefficient (Wildman–Crippen LogP) is 3.72. The molecule has 0 unspecified atom stereocenters. The third-order valence-corrected chi connectivity index (χ3v) is 6.67. The maximum Gasteiger partial charge on any atom is 0.232 e. The van der Waals surface area contributed by atoms with E-state index < -0.39 is 0 Å². The first-order valence-corrected chi connectivity index (χ1v) is 10.6. The van der Waals surface area contributed by atoms with E-state index >= 15 is 0 Å². The molecule has 0 spiro atoms. The zero-order valence-electron chi connectivity index (χ0n) is 15.0. The lowest BCUT2D eigenvalue weighted by atomic mass is 9.82. The Balaban J connectivity index is 1.37. The van der Waals surface area contributed by atoms with E-state index in [4.69, 9.17) is 0 Å². The Labute approximate surface area is 165 Å². The van der Waals surface area contributed by atoms with Crippen LogP contribution in [0.5, 0.6) is 0 Å². The van der Waals surface area contributed by atoms with Crippen molar-refractivity contribution in [1.82, 2.24) is 25.4 Å². The number of amides is 1. The Morgan fingerprint density at radius 3 is 2.59 bits per heavy atom. The maximum atomic E-state index is 12.2. The number of rotatable bonds is 5. The quantitative estimate of drug-likeness (QED) is 0.702. The molecule has 0 bridgehead atoms. The number of anilines is 1. The Hall–Kier alpha value is -2.26. The molecule has 1 fully saturated rings. The highest BCUT2D eigenvalue weighted by Crippen LogP contribution is 2.43. The molecule has 3 aromatic heterocycles. The van der Waals surface area contributed by atoms with Crippen LogP contribution in [0.2, 0.25) is 0 Å². The highest BCUT2D eigenvalue weighted by Gasteiger charge is 2.29. The van der Waals surface area contributed by atoms with Crippen molar-refractivity contribution in [2.45, 2.75) is 50.9 Å². The van der Waals surface area contributed by atoms with Gasteiger partial charge in [0.15, 0.2) is 0 Å². The highest BCUT2D eigenvalue weighted by atomic mass is 32.1. The Bertz CT molecular complexity index is 909. The van der Waals surface area contributed by atoms with Crippen LogP contribution in [-0.4, -0.2) is 31.3 Å². The van der Waals surface area contributed by atoms with E-state index in [2.05, 4.69) is 30.7 Å². The van der Waals surface area contributed by atoms with Gasteiger partial charge in [-0.05, 0) is 38.3 Å². The second-order valence-electron chi connectivity index (χ2n) is 6.71. The fourth-order valence-corrected chi connectivity index (χ4v) is 5.15. The molecule has 7 nitrogen and oxygen atoms in total. The second kappa shape index (κ2) is 8.18. The van der Waals surface area contributed by atoms with Crippen LogP contribution in [0.15, 0.2) is 24.4 Å². The lowest BCUT2D eigenvalue weighted by Gasteiger charge is -2.25. The van der Waals surface area contributed by atoms with Gasteiger partial charge in [0.1, 0.15) is 15.0 Å². The first-order chi connectivity index (χ1) is 13.2. The summed E-state index contributed by atoms with van der Waals surface area (Å²) in [5, 5.41) is 23.5. The molecule has 9 heteroatoms. The van der Waals surface area contributed by atoms with Gasteiger partial charge in [-0.25, -0.2) is 0 Å². The van der Waals surface area contributed by atoms with E-state index in [1.165, 1.54) is 11.3 Å². The summed E-state index contributed by atoms with van der Waals surface area (Å²) in [5.74, 6) is 0.690. The minimum atomic E-state index is -0.123. The van der Waals surface area contributed by atoms with Gasteiger partial charge in [-0.15, -0.1) is 31.7 Å². The lowest BCUT2D eigenvalue weighted by molar-refractivity contribution is -0.115. The number of carbonyl (C=O) groups excluding carboxylic acids is 1. The van der Waals surface area contributed by atoms with Gasteiger partial charge in [0.05, 0.1) is 6.42 Å². The normalized spacial score (nSPS) is 19.7. The van der Waals surface area contributed by atoms with Crippen LogP contribution in [0.3, 0.4) is 0 Å². The smallest absolute Gasteiger partial charge is 0.232 e. The number of aryl methyl sites for hydroxylation is 1. The van der Waals surface area contributed by atoms with E-state index in [0.717, 1.165) is 46.4 Å². The summed E-state index contributed by atoms with van der Waals surface area (Å²) >= 11 is 3.16. The van der Waals surface area contributed by atoms with E-state index in [0.29, 0.717) is 17.0 Å². The number of hydrogen-bond acceptors (Lipinski definition) is 8. The molecule has 1 aliphatic carbocycles. The summed E-state index contributed by atoms with van der Waals surface area (Å²) in [4.78, 5) is 16.4. The molecule has 1 amide bonds. The molecule has 0 saturated heterocycles. The van der Waals surface area contributed by atoms with Gasteiger partial charge >= 0.3 is 0 Å². The van der Waals surface area contributed by atoms with Crippen molar-refractivity contribution in [2.75, 3.05) is 5.32 Å². The van der Waals surface area contributed by atoms with Gasteiger partial charge in [0.25, 0.3) is 0 Å². The number of carbonyl (C=O) groups is 1. The first-order valence-electron chi connectivity index (χ1n) is 9.00. The molecular formula is C18H20N6OS2. The number of aromatic nitrogens is 5. The zero-order chi connectivity index (χ0) is 18.6. The van der Waals surface area contributed by atoms with Crippen LogP contribution in [0.4, 0.5) is 5.13 Å². The molecule has 3 aromatic rings. The van der Waals surface area contributed by atoms with Crippen LogP contribution in [0, 0.1) is 6.92 Å². The standard InChI is InChI=1S/C18H20N6OS2/c1-11-21-22-16(26-11)12-5-4-6-13(9-12)17-23-24-18(27-17)20-15(25)10-14-7-2-3-8-19-14/h2-3,7-8,12-13H,4-6,9-10H2,1H3,(H,20,24,25)/t12-,13-/m1/s1. The molecule has 140 valence electrons. The van der Waals surface area contributed by atoms with Crippen molar-refractivity contribution < 1.29 is 4.79 Å². The molecule has 4 rings (SSSR count). The van der Waals surface area contributed by atoms with Gasteiger partial charge in [0, 0.05) is 23.7 Å². The summed E-state index contributed by atoms with van der Waals surface area (Å²) in [7, 11) is 0. The minimum Gasteiger partial charge on any atom is -0.300 e. The third-order valence-electron chi connectivity index (χ3n) is 4.67. The Kier molecular flexibility index (Phi) is 5.49. The number of hydrogen-bond donors (Lipinski definition) is 1. The number of nitrogens with zero attached hydrogens (tertiary/aromatic N) is 5. The van der Waals surface area contributed by atoms with Crippen molar-refractivity contribution >= 4 is 33.7 Å². The molecular weight excluding hydrogens is 380 g/mol. The van der Waals surface area contributed by atoms with Crippen LogP contribution in [-0.2, 0) is 11.2 Å². The van der Waals surface area contributed by atoms with E-state index in [1.807, 2.05) is 25.1 Å². The van der Waals surface area contributed by atoms with Crippen molar-refractivity contribution in [3.8, 4) is 0 Å². The molecule has 0 aliphatic heterocycles. The van der Waals surface area contributed by atoms with Crippen molar-refractivity contribution in [1.29, 1.82) is 0 Å². The fourth-order valence-electron chi connectivity index (χ4n) is 3.40. The molecule has 0 aromatic carbocycles. The third kappa shape index (κ3) is 4.54. The van der Waals surface area contributed by atoms with Gasteiger partial charge in [-0.2, -0.15) is 0 Å². The van der Waals surface area contributed by atoms with Crippen molar-refractivity contribution in [3.05, 3.63) is 45.1 Å². The van der Waals surface area contributed by atoms with Crippen molar-refractivity contribution in [2.24, 2.45) is 0 Å². The van der Waals surface area contributed by atoms with E-state index in [-0.39, 0.29) is 12.3 Å². The topological polar surface area (TPSA) is 93.5 Å². The Morgan fingerprint density at radius 2 is 1.89 bits per heavy atom. The molecule has 0 radical (unpaired) electrons. The summed E-state index contributed by atoms with van der Waals surface area (Å²) < 4.78 is 0. The van der Waals surface area contributed by atoms with Gasteiger partial charge < -0.3 is 5.32 Å². The Morgan fingerprint density at radius 1 is 1.11 bits per heavy atom. The minimum absolute atomic E-state index is 0.123. The highest BCUT2D eigenvalue weighted by molar-refractivity contribution is 7.15. The predicted molar refractivity (Wildman–Crippen MR) is 105 cm³/mol. The van der Waals surface area contributed by atoms with Crippen LogP contribution in [0.25, 0.3) is 0 Å². The summed E-state index contributed by atoms with van der Waals surface area (Å²) in [5.41, 5.74) is 0.738. The first kappa shape index (κ1) is 18.1. The van der Waals surface area contributed by atoms with Crippen LogP contribution < -0.4 is 5.32 Å². The summed E-state index contributed by atoms with van der Waals surface area (Å²) in [6.07, 6.45) is 6.34. The van der Waals surface area contributed by atoms with E-state index in [9.17, 15) is 4.79 Å².